The topological polar surface area (TPSA) is 86.6 Å². The Morgan fingerprint density at radius 3 is 2.52 bits per heavy atom. The molecule has 0 fully saturated rings. The predicted molar refractivity (Wildman–Crippen MR) is 127 cm³/mol. The van der Waals surface area contributed by atoms with Gasteiger partial charge in [0, 0.05) is 35.2 Å². The van der Waals surface area contributed by atoms with Crippen LogP contribution in [0.2, 0.25) is 0 Å². The maximum absolute atomic E-state index is 6.04. The van der Waals surface area contributed by atoms with Crippen molar-refractivity contribution in [1.29, 1.82) is 0 Å². The Kier molecular flexibility index (Phi) is 4.71. The van der Waals surface area contributed by atoms with Crippen molar-refractivity contribution >= 4 is 27.9 Å². The number of hydrogen-bond donors (Lipinski definition) is 3. The summed E-state index contributed by atoms with van der Waals surface area (Å²) in [4.78, 5) is 18.0. The highest BCUT2D eigenvalue weighted by Crippen LogP contribution is 2.30. The molecule has 0 spiro atoms. The average molecular weight is 411 g/mol. The van der Waals surface area contributed by atoms with Crippen LogP contribution in [-0.2, 0) is 13.1 Å². The Hall–Kier alpha value is -3.64. The van der Waals surface area contributed by atoms with E-state index in [1.54, 1.807) is 0 Å². The van der Waals surface area contributed by atoms with Gasteiger partial charge in [-0.25, -0.2) is 9.97 Å². The molecule has 0 radical (unpaired) electrons. The first-order chi connectivity index (χ1) is 14.9. The van der Waals surface area contributed by atoms with Gasteiger partial charge in [0.1, 0.15) is 17.2 Å². The molecule has 0 atom stereocenters. The van der Waals surface area contributed by atoms with E-state index in [1.165, 1.54) is 22.1 Å². The van der Waals surface area contributed by atoms with E-state index in [0.717, 1.165) is 41.2 Å². The maximum Gasteiger partial charge on any atom is 0.160 e. The molecule has 0 saturated heterocycles. The number of aromatic nitrogens is 4. The number of benzene rings is 2. The molecule has 3 heterocycles. The summed E-state index contributed by atoms with van der Waals surface area (Å²) < 4.78 is 0. The number of hydrogen-bond acceptors (Lipinski definition) is 4. The summed E-state index contributed by atoms with van der Waals surface area (Å²) in [5.74, 6) is 1.30. The molecule has 6 nitrogen and oxygen atoms in total. The van der Waals surface area contributed by atoms with Gasteiger partial charge in [-0.15, -0.1) is 0 Å². The van der Waals surface area contributed by atoms with Crippen LogP contribution in [-0.4, -0.2) is 31.9 Å². The molecule has 6 heteroatoms. The van der Waals surface area contributed by atoms with Gasteiger partial charge in [0.25, 0.3) is 0 Å². The number of nitrogen functional groups attached to an aromatic ring is 1. The van der Waals surface area contributed by atoms with Crippen LogP contribution in [0.5, 0.6) is 0 Å². The van der Waals surface area contributed by atoms with Crippen molar-refractivity contribution < 1.29 is 0 Å². The van der Waals surface area contributed by atoms with E-state index in [9.17, 15) is 0 Å². The second-order valence-corrected chi connectivity index (χ2v) is 8.38. The Balaban J connectivity index is 1.43. The van der Waals surface area contributed by atoms with Crippen LogP contribution in [0.25, 0.3) is 33.3 Å². The van der Waals surface area contributed by atoms with Crippen molar-refractivity contribution in [3.05, 3.63) is 77.1 Å². The van der Waals surface area contributed by atoms with Gasteiger partial charge in [0.2, 0.25) is 0 Å². The molecule has 0 aliphatic carbocycles. The van der Waals surface area contributed by atoms with Gasteiger partial charge < -0.3 is 15.7 Å². The number of rotatable bonds is 5. The summed E-state index contributed by atoms with van der Waals surface area (Å²) in [6.45, 7) is 5.86. The Labute approximate surface area is 181 Å². The Bertz CT molecular complexity index is 1390. The third-order valence-electron chi connectivity index (χ3n) is 5.55. The van der Waals surface area contributed by atoms with Crippen LogP contribution in [0.15, 0.2) is 54.6 Å². The fourth-order valence-corrected chi connectivity index (χ4v) is 4.25. The molecule has 156 valence electrons. The van der Waals surface area contributed by atoms with Crippen molar-refractivity contribution in [3.63, 3.8) is 0 Å². The minimum absolute atomic E-state index is 0.475. The Morgan fingerprint density at radius 1 is 0.903 bits per heavy atom. The molecular weight excluding hydrogens is 384 g/mol. The largest absolute Gasteiger partial charge is 0.384 e. The number of pyridine rings is 1. The maximum atomic E-state index is 6.04. The molecule has 5 rings (SSSR count). The van der Waals surface area contributed by atoms with Crippen LogP contribution in [0, 0.1) is 13.8 Å². The minimum atomic E-state index is 0.475. The number of aromatic amines is 2. The normalized spacial score (nSPS) is 11.7. The summed E-state index contributed by atoms with van der Waals surface area (Å²) in [7, 11) is 2.16. The summed E-state index contributed by atoms with van der Waals surface area (Å²) in [5, 5.41) is 1.17. The van der Waals surface area contributed by atoms with Crippen LogP contribution in [0.1, 0.15) is 22.5 Å². The third kappa shape index (κ3) is 3.90. The Morgan fingerprint density at radius 2 is 1.71 bits per heavy atom. The van der Waals surface area contributed by atoms with Crippen molar-refractivity contribution in [3.8, 4) is 11.3 Å². The smallest absolute Gasteiger partial charge is 0.160 e. The highest BCUT2D eigenvalue weighted by Gasteiger charge is 2.13. The molecule has 0 aliphatic rings. The van der Waals surface area contributed by atoms with E-state index in [2.05, 4.69) is 87.3 Å². The zero-order valence-electron chi connectivity index (χ0n) is 18.0. The monoisotopic (exact) mass is 410 g/mol. The molecule has 2 aromatic carbocycles. The average Bonchev–Trinajstić information content (AvgIpc) is 3.29. The van der Waals surface area contributed by atoms with Crippen molar-refractivity contribution in [2.24, 2.45) is 0 Å². The van der Waals surface area contributed by atoms with Gasteiger partial charge in [-0.3, -0.25) is 4.90 Å². The minimum Gasteiger partial charge on any atom is -0.384 e. The quantitative estimate of drug-likeness (QED) is 0.383. The molecule has 0 amide bonds. The van der Waals surface area contributed by atoms with Gasteiger partial charge >= 0.3 is 0 Å². The number of nitrogens with two attached hydrogens (primary N) is 1. The van der Waals surface area contributed by atoms with Gasteiger partial charge in [0.15, 0.2) is 5.65 Å². The van der Waals surface area contributed by atoms with E-state index < -0.39 is 0 Å². The second kappa shape index (κ2) is 7.56. The second-order valence-electron chi connectivity index (χ2n) is 8.38. The molecule has 3 aromatic heterocycles. The zero-order valence-corrected chi connectivity index (χ0v) is 18.0. The number of fused-ring (bicyclic) bond motifs is 2. The number of aryl methyl sites for hydroxylation is 2. The molecular formula is C25H26N6. The lowest BCUT2D eigenvalue weighted by Gasteiger charge is -2.17. The lowest BCUT2D eigenvalue weighted by atomic mass is 10.1. The van der Waals surface area contributed by atoms with Crippen LogP contribution in [0.3, 0.4) is 0 Å². The van der Waals surface area contributed by atoms with E-state index >= 15 is 0 Å². The lowest BCUT2D eigenvalue weighted by Crippen LogP contribution is -2.17. The first kappa shape index (κ1) is 19.3. The fourth-order valence-electron chi connectivity index (χ4n) is 4.25. The third-order valence-corrected chi connectivity index (χ3v) is 5.55. The van der Waals surface area contributed by atoms with E-state index in [4.69, 9.17) is 5.73 Å². The first-order valence-corrected chi connectivity index (χ1v) is 10.4. The highest BCUT2D eigenvalue weighted by molar-refractivity contribution is 5.95. The van der Waals surface area contributed by atoms with Crippen molar-refractivity contribution in [2.75, 3.05) is 12.8 Å². The van der Waals surface area contributed by atoms with Crippen molar-refractivity contribution in [2.45, 2.75) is 26.9 Å². The van der Waals surface area contributed by atoms with Gasteiger partial charge in [-0.2, -0.15) is 0 Å². The summed E-state index contributed by atoms with van der Waals surface area (Å²) in [6.07, 6.45) is 0. The standard InChI is InChI=1S/C25H26N6/c1-15-5-4-6-17(9-15)13-31(3)14-18-7-8-21-19(10-18)11-22(29-21)20-12-23(26)30-25-24(20)27-16(2)28-25/h4-12,29H,13-14H2,1-3H3,(H3,26,27,28,30). The predicted octanol–water partition coefficient (Wildman–Crippen LogP) is 4.94. The van der Waals surface area contributed by atoms with Gasteiger partial charge in [0.05, 0.1) is 0 Å². The number of nitrogens with zero attached hydrogens (tertiary/aromatic N) is 3. The summed E-state index contributed by atoms with van der Waals surface area (Å²) in [5.41, 5.74) is 14.5. The molecule has 0 unspecified atom stereocenters. The number of anilines is 1. The van der Waals surface area contributed by atoms with Gasteiger partial charge in [-0.1, -0.05) is 35.9 Å². The summed E-state index contributed by atoms with van der Waals surface area (Å²) in [6, 6.07) is 19.3. The first-order valence-electron chi connectivity index (χ1n) is 10.4. The van der Waals surface area contributed by atoms with Crippen LogP contribution >= 0.6 is 0 Å². The highest BCUT2D eigenvalue weighted by atomic mass is 15.1. The van der Waals surface area contributed by atoms with Crippen LogP contribution in [0.4, 0.5) is 5.82 Å². The summed E-state index contributed by atoms with van der Waals surface area (Å²) >= 11 is 0. The van der Waals surface area contributed by atoms with E-state index in [1.807, 2.05) is 13.0 Å². The SMILES string of the molecule is Cc1cccc(CN(C)Cc2ccc3[nH]c(-c4cc(N)nc5[nH]c(C)nc45)cc3c2)c1. The number of imidazole rings is 1. The van der Waals surface area contributed by atoms with Crippen molar-refractivity contribution in [1.82, 2.24) is 24.8 Å². The molecule has 0 bridgehead atoms. The van der Waals surface area contributed by atoms with E-state index in [-0.39, 0.29) is 0 Å². The molecule has 0 saturated carbocycles. The zero-order chi connectivity index (χ0) is 21.5. The molecule has 5 aromatic rings. The number of H-pyrrole nitrogens is 2. The number of nitrogens with one attached hydrogen (secondary N) is 2. The van der Waals surface area contributed by atoms with E-state index in [0.29, 0.717) is 11.5 Å². The van der Waals surface area contributed by atoms with Crippen LogP contribution < -0.4 is 5.73 Å². The molecule has 0 aliphatic heterocycles. The fraction of sp³-hybridized carbons (Fsp3) is 0.200. The molecule has 4 N–H and O–H groups in total. The lowest BCUT2D eigenvalue weighted by molar-refractivity contribution is 0.319. The van der Waals surface area contributed by atoms with Gasteiger partial charge in [-0.05, 0) is 56.3 Å². The molecule has 31 heavy (non-hydrogen) atoms.